The SMILES string of the molecule is Cc1ccc(OCC(=O)CC23CC(NC(=O)C4CN(C(=O)c5ccc(S(=O)(=O)F)cc5)c5cc(Cl)ccc5O4)(C2)C3)cc1F. The summed E-state index contributed by atoms with van der Waals surface area (Å²) in [6.45, 7) is 1.32. The average Bonchev–Trinajstić information content (AvgIpc) is 2.94. The van der Waals surface area contributed by atoms with E-state index in [1.54, 1.807) is 31.2 Å². The molecule has 9 nitrogen and oxygen atoms in total. The largest absolute Gasteiger partial charge is 0.486 e. The molecule has 2 bridgehead atoms. The van der Waals surface area contributed by atoms with Gasteiger partial charge in [-0.3, -0.25) is 14.4 Å². The molecule has 44 heavy (non-hydrogen) atoms. The molecule has 3 saturated carbocycles. The van der Waals surface area contributed by atoms with Crippen LogP contribution in [-0.4, -0.2) is 50.8 Å². The van der Waals surface area contributed by atoms with Crippen LogP contribution in [-0.2, 0) is 19.8 Å². The fourth-order valence-electron chi connectivity index (χ4n) is 6.46. The highest BCUT2D eigenvalue weighted by molar-refractivity contribution is 7.86. The number of benzene rings is 3. The van der Waals surface area contributed by atoms with Gasteiger partial charge in [0, 0.05) is 28.6 Å². The van der Waals surface area contributed by atoms with Gasteiger partial charge < -0.3 is 19.7 Å². The molecule has 0 radical (unpaired) electrons. The van der Waals surface area contributed by atoms with Crippen molar-refractivity contribution >= 4 is 45.1 Å². The van der Waals surface area contributed by atoms with Crippen molar-refractivity contribution in [1.82, 2.24) is 5.32 Å². The van der Waals surface area contributed by atoms with Gasteiger partial charge in [-0.25, -0.2) is 4.39 Å². The lowest BCUT2D eigenvalue weighted by Crippen LogP contribution is -2.76. The molecule has 3 fully saturated rings. The molecule has 4 aliphatic rings. The number of rotatable bonds is 9. The van der Waals surface area contributed by atoms with Gasteiger partial charge in [-0.2, -0.15) is 8.42 Å². The maximum atomic E-state index is 13.7. The third-order valence-electron chi connectivity index (χ3n) is 8.39. The number of nitrogens with zero attached hydrogens (tertiary/aromatic N) is 1. The van der Waals surface area contributed by atoms with Crippen LogP contribution in [0.2, 0.25) is 5.02 Å². The number of fused-ring (bicyclic) bond motifs is 1. The number of amides is 2. The lowest BCUT2D eigenvalue weighted by molar-refractivity contribution is -0.175. The van der Waals surface area contributed by atoms with E-state index >= 15 is 0 Å². The third kappa shape index (κ3) is 5.75. The van der Waals surface area contributed by atoms with Gasteiger partial charge in [0.25, 0.3) is 11.8 Å². The molecule has 3 aliphatic carbocycles. The molecule has 13 heteroatoms. The van der Waals surface area contributed by atoms with Crippen LogP contribution in [0.4, 0.5) is 14.0 Å². The fourth-order valence-corrected chi connectivity index (χ4v) is 7.08. The van der Waals surface area contributed by atoms with E-state index in [4.69, 9.17) is 21.1 Å². The Labute approximate surface area is 257 Å². The number of ketones is 1. The second kappa shape index (κ2) is 10.8. The van der Waals surface area contributed by atoms with Crippen LogP contribution < -0.4 is 19.7 Å². The van der Waals surface area contributed by atoms with Gasteiger partial charge >= 0.3 is 10.2 Å². The Balaban J connectivity index is 1.08. The molecule has 3 aromatic rings. The summed E-state index contributed by atoms with van der Waals surface area (Å²) in [5.41, 5.74) is 0.203. The van der Waals surface area contributed by atoms with E-state index in [0.29, 0.717) is 35.5 Å². The van der Waals surface area contributed by atoms with Crippen molar-refractivity contribution in [3.8, 4) is 11.5 Å². The number of hydrogen-bond acceptors (Lipinski definition) is 7. The van der Waals surface area contributed by atoms with Gasteiger partial charge in [-0.1, -0.05) is 17.7 Å². The number of ether oxygens (including phenoxy) is 2. The van der Waals surface area contributed by atoms with Crippen molar-refractivity contribution in [2.75, 3.05) is 18.1 Å². The summed E-state index contributed by atoms with van der Waals surface area (Å²) in [6, 6.07) is 13.4. The Hall–Kier alpha value is -4.03. The first kappa shape index (κ1) is 30.0. The zero-order valence-corrected chi connectivity index (χ0v) is 25.0. The van der Waals surface area contributed by atoms with Crippen molar-refractivity contribution < 1.29 is 40.6 Å². The number of nitrogens with one attached hydrogen (secondary N) is 1. The first-order valence-electron chi connectivity index (χ1n) is 13.8. The minimum Gasteiger partial charge on any atom is -0.486 e. The van der Waals surface area contributed by atoms with Crippen molar-refractivity contribution in [1.29, 1.82) is 0 Å². The summed E-state index contributed by atoms with van der Waals surface area (Å²) in [7, 11) is -4.94. The highest BCUT2D eigenvalue weighted by atomic mass is 35.5. The predicted octanol–water partition coefficient (Wildman–Crippen LogP) is 4.93. The molecule has 1 aliphatic heterocycles. The monoisotopic (exact) mass is 644 g/mol. The Morgan fingerprint density at radius 2 is 1.77 bits per heavy atom. The van der Waals surface area contributed by atoms with Gasteiger partial charge in [0.2, 0.25) is 0 Å². The first-order chi connectivity index (χ1) is 20.7. The van der Waals surface area contributed by atoms with Crippen LogP contribution in [0.1, 0.15) is 41.6 Å². The Bertz CT molecular complexity index is 1780. The van der Waals surface area contributed by atoms with Gasteiger partial charge in [0.05, 0.1) is 17.1 Å². The second-order valence-electron chi connectivity index (χ2n) is 11.8. The molecule has 1 unspecified atom stereocenters. The highest BCUT2D eigenvalue weighted by Crippen LogP contribution is 2.69. The Morgan fingerprint density at radius 3 is 2.43 bits per heavy atom. The summed E-state index contributed by atoms with van der Waals surface area (Å²) in [6.07, 6.45) is 1.07. The highest BCUT2D eigenvalue weighted by Gasteiger charge is 2.68. The Kier molecular flexibility index (Phi) is 7.40. The number of anilines is 1. The summed E-state index contributed by atoms with van der Waals surface area (Å²) >= 11 is 6.17. The van der Waals surface area contributed by atoms with Crippen molar-refractivity contribution in [3.05, 3.63) is 82.6 Å². The van der Waals surface area contributed by atoms with Crippen LogP contribution in [0.3, 0.4) is 0 Å². The number of Topliss-reactive ketones (excluding diaryl/α,β-unsaturated/α-hetero) is 1. The van der Waals surface area contributed by atoms with Crippen LogP contribution in [0.5, 0.6) is 11.5 Å². The minimum absolute atomic E-state index is 0.0758. The molecule has 0 spiro atoms. The van der Waals surface area contributed by atoms with Gasteiger partial charge in [-0.05, 0) is 85.7 Å². The number of halogens is 3. The van der Waals surface area contributed by atoms with Crippen LogP contribution in [0.15, 0.2) is 65.6 Å². The van der Waals surface area contributed by atoms with E-state index in [-0.39, 0.29) is 47.8 Å². The van der Waals surface area contributed by atoms with Crippen LogP contribution in [0, 0.1) is 18.2 Å². The molecular formula is C31H27ClF2N2O7S. The second-order valence-corrected chi connectivity index (χ2v) is 13.6. The molecule has 1 N–H and O–H groups in total. The smallest absolute Gasteiger partial charge is 0.332 e. The average molecular weight is 645 g/mol. The third-order valence-corrected chi connectivity index (χ3v) is 9.46. The molecule has 0 saturated heterocycles. The quantitative estimate of drug-likeness (QED) is 0.328. The summed E-state index contributed by atoms with van der Waals surface area (Å²) in [5, 5.41) is 3.37. The Morgan fingerprint density at radius 1 is 1.07 bits per heavy atom. The lowest BCUT2D eigenvalue weighted by Gasteiger charge is -2.70. The van der Waals surface area contributed by atoms with E-state index in [1.165, 1.54) is 29.2 Å². The minimum atomic E-state index is -4.94. The van der Waals surface area contributed by atoms with Crippen LogP contribution >= 0.6 is 11.6 Å². The molecule has 3 aromatic carbocycles. The standard InChI is InChI=1S/C31H27ClF2N2O7S/c1-18-2-6-22(11-24(18)33)42-14-21(37)12-30-15-31(16-30,17-30)35-28(38)27-13-36(25-10-20(32)5-9-26(25)43-27)29(39)19-3-7-23(8-4-19)44(34,40)41/h2-11,27H,12-17H2,1H3,(H,35,38). The molecular weight excluding hydrogens is 618 g/mol. The maximum absolute atomic E-state index is 13.7. The zero-order chi connectivity index (χ0) is 31.4. The molecule has 2 amide bonds. The van der Waals surface area contributed by atoms with E-state index in [2.05, 4.69) is 5.32 Å². The summed E-state index contributed by atoms with van der Waals surface area (Å²) in [4.78, 5) is 40.2. The normalized spacial score (nSPS) is 23.4. The number of hydrogen-bond donors (Lipinski definition) is 1. The van der Waals surface area contributed by atoms with Crippen molar-refractivity contribution in [2.45, 2.75) is 49.1 Å². The summed E-state index contributed by atoms with van der Waals surface area (Å²) < 4.78 is 60.9. The van der Waals surface area contributed by atoms with Crippen LogP contribution in [0.25, 0.3) is 0 Å². The maximum Gasteiger partial charge on any atom is 0.332 e. The number of carbonyl (C=O) groups excluding carboxylic acids is 3. The fraction of sp³-hybridized carbons (Fsp3) is 0.323. The van der Waals surface area contributed by atoms with Crippen molar-refractivity contribution in [2.24, 2.45) is 5.41 Å². The molecule has 230 valence electrons. The summed E-state index contributed by atoms with van der Waals surface area (Å²) in [5.74, 6) is -0.953. The topological polar surface area (TPSA) is 119 Å². The first-order valence-corrected chi connectivity index (χ1v) is 15.6. The number of aryl methyl sites for hydroxylation is 1. The van der Waals surface area contributed by atoms with E-state index < -0.39 is 44.4 Å². The van der Waals surface area contributed by atoms with E-state index in [9.17, 15) is 31.1 Å². The van der Waals surface area contributed by atoms with Crippen molar-refractivity contribution in [3.63, 3.8) is 0 Å². The van der Waals surface area contributed by atoms with Gasteiger partial charge in [-0.15, -0.1) is 3.89 Å². The molecule has 1 atom stereocenters. The molecule has 0 aromatic heterocycles. The molecule has 7 rings (SSSR count). The van der Waals surface area contributed by atoms with E-state index in [1.807, 2.05) is 0 Å². The zero-order valence-electron chi connectivity index (χ0n) is 23.4. The van der Waals surface area contributed by atoms with Gasteiger partial charge in [0.1, 0.15) is 23.9 Å². The van der Waals surface area contributed by atoms with Gasteiger partial charge in [0.15, 0.2) is 11.9 Å². The molecule has 1 heterocycles. The van der Waals surface area contributed by atoms with E-state index in [0.717, 1.165) is 12.1 Å². The lowest BCUT2D eigenvalue weighted by atomic mass is 9.38. The number of carbonyl (C=O) groups is 3. The predicted molar refractivity (Wildman–Crippen MR) is 156 cm³/mol.